The summed E-state index contributed by atoms with van der Waals surface area (Å²) in [6, 6.07) is 15.5. The summed E-state index contributed by atoms with van der Waals surface area (Å²) in [6.45, 7) is 1.51. The standard InChI is InChI=1S/C27H29N5O5S/c1-36-20-6-4-15-31(17-13-20)19-9-12-25(37-2)26(18-19)38(34,35)30-27(33)23-11-10-21-22(29-23)7-3-8-24(21)32-16-5-14-28-32/h3,5,7-12,14,16,18,20H,4,6,13,15,17H2,1-2H3,(H,30,33). The molecule has 1 atom stereocenters. The Morgan fingerprint density at radius 2 is 1.92 bits per heavy atom. The summed E-state index contributed by atoms with van der Waals surface area (Å²) in [6.07, 6.45) is 6.39. The number of rotatable bonds is 7. The van der Waals surface area contributed by atoms with Gasteiger partial charge in [0.15, 0.2) is 0 Å². The lowest BCUT2D eigenvalue weighted by Gasteiger charge is -2.24. The monoisotopic (exact) mass is 535 g/mol. The topological polar surface area (TPSA) is 116 Å². The van der Waals surface area contributed by atoms with E-state index in [2.05, 4.69) is 19.7 Å². The zero-order valence-electron chi connectivity index (χ0n) is 21.2. The van der Waals surface area contributed by atoms with E-state index in [1.807, 2.05) is 24.4 Å². The number of nitrogens with one attached hydrogen (secondary N) is 1. The van der Waals surface area contributed by atoms with Crippen molar-refractivity contribution in [2.45, 2.75) is 30.3 Å². The molecule has 0 saturated carbocycles. The maximum absolute atomic E-state index is 13.4. The molecule has 10 nitrogen and oxygen atoms in total. The molecule has 0 aliphatic carbocycles. The third-order valence-electron chi connectivity index (χ3n) is 6.73. The third-order valence-corrected chi connectivity index (χ3v) is 8.08. The van der Waals surface area contributed by atoms with E-state index in [9.17, 15) is 13.2 Å². The highest BCUT2D eigenvalue weighted by atomic mass is 32.2. The van der Waals surface area contributed by atoms with Crippen LogP contribution in [-0.4, -0.2) is 62.5 Å². The van der Waals surface area contributed by atoms with Crippen molar-refractivity contribution in [2.24, 2.45) is 0 Å². The summed E-state index contributed by atoms with van der Waals surface area (Å²) < 4.78 is 41.5. The Kier molecular flexibility index (Phi) is 7.30. The van der Waals surface area contributed by atoms with Gasteiger partial charge in [-0.05, 0) is 67.8 Å². The fraction of sp³-hybridized carbons (Fsp3) is 0.296. The molecule has 1 aliphatic rings. The quantitative estimate of drug-likeness (QED) is 0.382. The van der Waals surface area contributed by atoms with Crippen LogP contribution in [0, 0.1) is 0 Å². The van der Waals surface area contributed by atoms with Crippen LogP contribution in [0.15, 0.2) is 71.9 Å². The zero-order valence-corrected chi connectivity index (χ0v) is 22.0. The Balaban J connectivity index is 1.41. The average molecular weight is 536 g/mol. The van der Waals surface area contributed by atoms with Crippen LogP contribution in [0.3, 0.4) is 0 Å². The van der Waals surface area contributed by atoms with Gasteiger partial charge in [0.25, 0.3) is 15.9 Å². The first-order valence-corrected chi connectivity index (χ1v) is 13.8. The predicted octanol–water partition coefficient (Wildman–Crippen LogP) is 3.55. The number of carbonyl (C=O) groups excluding carboxylic acids is 1. The highest BCUT2D eigenvalue weighted by Crippen LogP contribution is 2.30. The first-order chi connectivity index (χ1) is 18.4. The molecule has 38 heavy (non-hydrogen) atoms. The minimum Gasteiger partial charge on any atom is -0.495 e. The van der Waals surface area contributed by atoms with Crippen molar-refractivity contribution < 1.29 is 22.7 Å². The van der Waals surface area contributed by atoms with Gasteiger partial charge < -0.3 is 14.4 Å². The van der Waals surface area contributed by atoms with E-state index in [0.29, 0.717) is 5.52 Å². The fourth-order valence-corrected chi connectivity index (χ4v) is 5.89. The van der Waals surface area contributed by atoms with Crippen molar-refractivity contribution in [3.05, 3.63) is 72.7 Å². The van der Waals surface area contributed by atoms with Crippen LogP contribution in [0.2, 0.25) is 0 Å². The van der Waals surface area contributed by atoms with Gasteiger partial charge in [-0.3, -0.25) is 4.79 Å². The van der Waals surface area contributed by atoms with Crippen molar-refractivity contribution >= 4 is 32.5 Å². The van der Waals surface area contributed by atoms with Gasteiger partial charge in [0.1, 0.15) is 16.3 Å². The van der Waals surface area contributed by atoms with Crippen LogP contribution in [0.4, 0.5) is 5.69 Å². The van der Waals surface area contributed by atoms with Gasteiger partial charge in [0.2, 0.25) is 0 Å². The summed E-state index contributed by atoms with van der Waals surface area (Å²) >= 11 is 0. The lowest BCUT2D eigenvalue weighted by molar-refractivity contribution is 0.0931. The van der Waals surface area contributed by atoms with Gasteiger partial charge in [-0.25, -0.2) is 22.8 Å². The minimum absolute atomic E-state index is 0.0214. The summed E-state index contributed by atoms with van der Waals surface area (Å²) in [5.74, 6) is -0.685. The van der Waals surface area contributed by atoms with Crippen molar-refractivity contribution in [1.29, 1.82) is 0 Å². The molecule has 1 fully saturated rings. The SMILES string of the molecule is COc1ccc(N2CCCC(OC)CC2)cc1S(=O)(=O)NC(=O)c1ccc2c(-n3cccn3)cccc2n1. The van der Waals surface area contributed by atoms with Crippen LogP contribution < -0.4 is 14.4 Å². The van der Waals surface area contributed by atoms with Gasteiger partial charge >= 0.3 is 0 Å². The Hall–Kier alpha value is -3.96. The van der Waals surface area contributed by atoms with Gasteiger partial charge in [-0.1, -0.05) is 6.07 Å². The van der Waals surface area contributed by atoms with Crippen molar-refractivity contribution in [3.8, 4) is 11.4 Å². The molecule has 1 amide bonds. The van der Waals surface area contributed by atoms with E-state index in [4.69, 9.17) is 9.47 Å². The zero-order chi connectivity index (χ0) is 26.7. The highest BCUT2D eigenvalue weighted by Gasteiger charge is 2.26. The molecule has 11 heteroatoms. The summed E-state index contributed by atoms with van der Waals surface area (Å²) in [4.78, 5) is 19.5. The van der Waals surface area contributed by atoms with Gasteiger partial charge in [0, 0.05) is 43.7 Å². The minimum atomic E-state index is -4.26. The Labute approximate surface area is 221 Å². The predicted molar refractivity (Wildman–Crippen MR) is 143 cm³/mol. The number of pyridine rings is 1. The molecule has 1 saturated heterocycles. The number of nitrogens with zero attached hydrogens (tertiary/aromatic N) is 4. The molecule has 5 rings (SSSR count). The molecule has 1 aliphatic heterocycles. The van der Waals surface area contributed by atoms with E-state index in [1.54, 1.807) is 48.3 Å². The number of anilines is 1. The number of sulfonamides is 1. The maximum atomic E-state index is 13.4. The van der Waals surface area contributed by atoms with E-state index < -0.39 is 15.9 Å². The maximum Gasteiger partial charge on any atom is 0.283 e. The normalized spacial score (nSPS) is 16.3. The first kappa shape index (κ1) is 25.7. The smallest absolute Gasteiger partial charge is 0.283 e. The second kappa shape index (κ2) is 10.8. The number of benzene rings is 2. The lowest BCUT2D eigenvalue weighted by atomic mass is 10.1. The van der Waals surface area contributed by atoms with E-state index in [-0.39, 0.29) is 22.4 Å². The van der Waals surface area contributed by atoms with E-state index in [1.165, 1.54) is 13.2 Å². The Morgan fingerprint density at radius 1 is 1.05 bits per heavy atom. The second-order valence-electron chi connectivity index (χ2n) is 9.04. The summed E-state index contributed by atoms with van der Waals surface area (Å²) in [5.41, 5.74) is 2.06. The average Bonchev–Trinajstić information content (AvgIpc) is 3.36. The summed E-state index contributed by atoms with van der Waals surface area (Å²) in [7, 11) is -1.16. The molecule has 4 aromatic rings. The van der Waals surface area contributed by atoms with Crippen LogP contribution in [-0.2, 0) is 14.8 Å². The molecule has 2 aromatic carbocycles. The van der Waals surface area contributed by atoms with E-state index in [0.717, 1.165) is 49.1 Å². The molecule has 3 heterocycles. The second-order valence-corrected chi connectivity index (χ2v) is 10.7. The number of ether oxygens (including phenoxy) is 2. The number of amides is 1. The fourth-order valence-electron chi connectivity index (χ4n) is 4.74. The molecular weight excluding hydrogens is 506 g/mol. The number of methoxy groups -OCH3 is 2. The largest absolute Gasteiger partial charge is 0.495 e. The third kappa shape index (κ3) is 5.20. The van der Waals surface area contributed by atoms with E-state index >= 15 is 0 Å². The molecule has 0 spiro atoms. The lowest BCUT2D eigenvalue weighted by Crippen LogP contribution is -2.32. The van der Waals surface area contributed by atoms with Crippen molar-refractivity contribution in [3.63, 3.8) is 0 Å². The Morgan fingerprint density at radius 3 is 2.68 bits per heavy atom. The van der Waals surface area contributed by atoms with Crippen LogP contribution in [0.5, 0.6) is 5.75 Å². The number of carbonyl (C=O) groups is 1. The molecule has 1 unspecified atom stereocenters. The molecule has 1 N–H and O–H groups in total. The summed E-state index contributed by atoms with van der Waals surface area (Å²) in [5, 5.41) is 5.03. The molecule has 0 bridgehead atoms. The first-order valence-electron chi connectivity index (χ1n) is 12.3. The van der Waals surface area contributed by atoms with Crippen LogP contribution in [0.1, 0.15) is 29.8 Å². The van der Waals surface area contributed by atoms with Crippen molar-refractivity contribution in [2.75, 3.05) is 32.2 Å². The molecule has 0 radical (unpaired) electrons. The number of hydrogen-bond donors (Lipinski definition) is 1. The van der Waals surface area contributed by atoms with Crippen LogP contribution in [0.25, 0.3) is 16.6 Å². The number of hydrogen-bond acceptors (Lipinski definition) is 8. The van der Waals surface area contributed by atoms with Gasteiger partial charge in [-0.2, -0.15) is 5.10 Å². The van der Waals surface area contributed by atoms with Gasteiger partial charge in [0.05, 0.1) is 24.4 Å². The van der Waals surface area contributed by atoms with Gasteiger partial charge in [-0.15, -0.1) is 0 Å². The molecule has 198 valence electrons. The number of aromatic nitrogens is 3. The molecule has 2 aromatic heterocycles. The molecular formula is C27H29N5O5S. The van der Waals surface area contributed by atoms with Crippen LogP contribution >= 0.6 is 0 Å². The number of fused-ring (bicyclic) bond motifs is 1. The van der Waals surface area contributed by atoms with Crippen molar-refractivity contribution in [1.82, 2.24) is 19.5 Å². The highest BCUT2D eigenvalue weighted by molar-refractivity contribution is 7.90. The Bertz CT molecular complexity index is 1560.